The van der Waals surface area contributed by atoms with Crippen LogP contribution in [0.15, 0.2) is 30.3 Å². The highest BCUT2D eigenvalue weighted by molar-refractivity contribution is 5.82. The van der Waals surface area contributed by atoms with Crippen molar-refractivity contribution in [2.75, 3.05) is 5.32 Å². The third-order valence-electron chi connectivity index (χ3n) is 3.55. The molecular formula is C17H28N2O. The fraction of sp³-hybridized carbons (Fsp3) is 0.588. The van der Waals surface area contributed by atoms with Crippen molar-refractivity contribution in [3.8, 4) is 0 Å². The largest absolute Gasteiger partial charge is 0.374 e. The molecule has 3 heteroatoms. The molecule has 3 nitrogen and oxygen atoms in total. The van der Waals surface area contributed by atoms with Crippen molar-refractivity contribution < 1.29 is 4.79 Å². The quantitative estimate of drug-likeness (QED) is 0.598. The average Bonchev–Trinajstić information content (AvgIpc) is 2.46. The molecule has 0 heterocycles. The molecule has 0 spiro atoms. The minimum Gasteiger partial charge on any atom is -0.374 e. The van der Waals surface area contributed by atoms with Crippen LogP contribution in [0.4, 0.5) is 5.69 Å². The average molecular weight is 276 g/mol. The summed E-state index contributed by atoms with van der Waals surface area (Å²) >= 11 is 0. The van der Waals surface area contributed by atoms with Gasteiger partial charge in [-0.3, -0.25) is 4.79 Å². The number of rotatable bonds is 11. The number of carbonyl (C=O) groups excluding carboxylic acids is 1. The molecule has 0 fully saturated rings. The molecule has 1 amide bonds. The minimum absolute atomic E-state index is 0.256. The molecule has 0 aliphatic heterocycles. The summed E-state index contributed by atoms with van der Waals surface area (Å²) in [6.07, 6.45) is 9.57. The van der Waals surface area contributed by atoms with Gasteiger partial charge in [0, 0.05) is 5.69 Å². The van der Waals surface area contributed by atoms with Crippen LogP contribution < -0.4 is 11.1 Å². The molecule has 0 bridgehead atoms. The molecule has 1 unspecified atom stereocenters. The second kappa shape index (κ2) is 10.3. The molecule has 0 saturated carbocycles. The Labute approximate surface area is 122 Å². The van der Waals surface area contributed by atoms with Gasteiger partial charge in [0.25, 0.3) is 0 Å². The minimum atomic E-state index is -0.264. The van der Waals surface area contributed by atoms with E-state index in [2.05, 4.69) is 12.2 Å². The Bertz CT molecular complexity index is 365. The monoisotopic (exact) mass is 276 g/mol. The SMILES string of the molecule is CCCCCCCCCC(Nc1ccccc1)C(N)=O. The molecule has 0 aliphatic rings. The standard InChI is InChI=1S/C17H28N2O/c1-2-3-4-5-6-7-11-14-16(17(18)20)19-15-12-9-8-10-13-15/h8-10,12-13,16,19H,2-7,11,14H2,1H3,(H2,18,20). The smallest absolute Gasteiger partial charge is 0.239 e. The van der Waals surface area contributed by atoms with E-state index in [1.165, 1.54) is 38.5 Å². The molecule has 1 atom stereocenters. The third-order valence-corrected chi connectivity index (χ3v) is 3.55. The van der Waals surface area contributed by atoms with Crippen LogP contribution in [0.1, 0.15) is 58.3 Å². The zero-order valence-corrected chi connectivity index (χ0v) is 12.6. The van der Waals surface area contributed by atoms with E-state index in [1.54, 1.807) is 0 Å². The fourth-order valence-electron chi connectivity index (χ4n) is 2.33. The van der Waals surface area contributed by atoms with Gasteiger partial charge >= 0.3 is 0 Å². The summed E-state index contributed by atoms with van der Waals surface area (Å²) in [5.41, 5.74) is 6.42. The highest BCUT2D eigenvalue weighted by Crippen LogP contribution is 2.13. The van der Waals surface area contributed by atoms with Crippen LogP contribution in [-0.2, 0) is 4.79 Å². The van der Waals surface area contributed by atoms with Crippen molar-refractivity contribution in [2.45, 2.75) is 64.3 Å². The Hall–Kier alpha value is -1.51. The van der Waals surface area contributed by atoms with Gasteiger partial charge in [-0.05, 0) is 18.6 Å². The van der Waals surface area contributed by atoms with Gasteiger partial charge in [-0.2, -0.15) is 0 Å². The first-order valence-corrected chi connectivity index (χ1v) is 7.85. The molecule has 1 aromatic rings. The van der Waals surface area contributed by atoms with E-state index in [9.17, 15) is 4.79 Å². The number of carbonyl (C=O) groups is 1. The molecule has 3 N–H and O–H groups in total. The second-order valence-electron chi connectivity index (χ2n) is 5.38. The lowest BCUT2D eigenvalue weighted by molar-refractivity contribution is -0.118. The van der Waals surface area contributed by atoms with Crippen LogP contribution in [-0.4, -0.2) is 11.9 Å². The number of anilines is 1. The molecule has 1 aromatic carbocycles. The normalized spacial score (nSPS) is 12.1. The summed E-state index contributed by atoms with van der Waals surface area (Å²) in [5, 5.41) is 3.22. The maximum Gasteiger partial charge on any atom is 0.239 e. The topological polar surface area (TPSA) is 55.1 Å². The van der Waals surface area contributed by atoms with Crippen LogP contribution in [0.3, 0.4) is 0 Å². The molecule has 20 heavy (non-hydrogen) atoms. The van der Waals surface area contributed by atoms with E-state index in [4.69, 9.17) is 5.73 Å². The van der Waals surface area contributed by atoms with Crippen molar-refractivity contribution in [3.63, 3.8) is 0 Å². The number of unbranched alkanes of at least 4 members (excludes halogenated alkanes) is 6. The molecule has 0 aliphatic carbocycles. The lowest BCUT2D eigenvalue weighted by Crippen LogP contribution is -2.35. The first kappa shape index (κ1) is 16.5. The fourth-order valence-corrected chi connectivity index (χ4v) is 2.33. The lowest BCUT2D eigenvalue weighted by atomic mass is 10.0. The van der Waals surface area contributed by atoms with Gasteiger partial charge in [0.05, 0.1) is 0 Å². The Balaban J connectivity index is 2.21. The number of benzene rings is 1. The molecule has 0 saturated heterocycles. The van der Waals surface area contributed by atoms with Gasteiger partial charge in [0.15, 0.2) is 0 Å². The predicted octanol–water partition coefficient (Wildman–Crippen LogP) is 4.09. The van der Waals surface area contributed by atoms with E-state index in [1.807, 2.05) is 30.3 Å². The maximum atomic E-state index is 11.5. The summed E-state index contributed by atoms with van der Waals surface area (Å²) < 4.78 is 0. The summed E-state index contributed by atoms with van der Waals surface area (Å²) in [6, 6.07) is 9.53. The number of para-hydroxylation sites is 1. The van der Waals surface area contributed by atoms with Crippen molar-refractivity contribution in [1.82, 2.24) is 0 Å². The van der Waals surface area contributed by atoms with Crippen molar-refractivity contribution >= 4 is 11.6 Å². The van der Waals surface area contributed by atoms with Crippen molar-refractivity contribution in [1.29, 1.82) is 0 Å². The summed E-state index contributed by atoms with van der Waals surface area (Å²) in [5.74, 6) is -0.264. The van der Waals surface area contributed by atoms with Crippen LogP contribution in [0.2, 0.25) is 0 Å². The van der Waals surface area contributed by atoms with E-state index in [-0.39, 0.29) is 11.9 Å². The van der Waals surface area contributed by atoms with Crippen LogP contribution in [0.25, 0.3) is 0 Å². The maximum absolute atomic E-state index is 11.5. The highest BCUT2D eigenvalue weighted by Gasteiger charge is 2.14. The summed E-state index contributed by atoms with van der Waals surface area (Å²) in [4.78, 5) is 11.5. The molecule has 1 rings (SSSR count). The number of nitrogens with two attached hydrogens (primary N) is 1. The Morgan fingerprint density at radius 1 is 1.05 bits per heavy atom. The van der Waals surface area contributed by atoms with Gasteiger partial charge < -0.3 is 11.1 Å². The van der Waals surface area contributed by atoms with Gasteiger partial charge in [-0.15, -0.1) is 0 Å². The van der Waals surface area contributed by atoms with E-state index < -0.39 is 0 Å². The third kappa shape index (κ3) is 7.17. The Kier molecular flexibility index (Phi) is 8.52. The summed E-state index contributed by atoms with van der Waals surface area (Å²) in [6.45, 7) is 2.23. The van der Waals surface area contributed by atoms with Crippen molar-refractivity contribution in [2.24, 2.45) is 5.73 Å². The molecular weight excluding hydrogens is 248 g/mol. The summed E-state index contributed by atoms with van der Waals surface area (Å²) in [7, 11) is 0. The second-order valence-corrected chi connectivity index (χ2v) is 5.38. The lowest BCUT2D eigenvalue weighted by Gasteiger charge is -2.16. The highest BCUT2D eigenvalue weighted by atomic mass is 16.1. The van der Waals surface area contributed by atoms with Gasteiger partial charge in [-0.1, -0.05) is 70.1 Å². The van der Waals surface area contributed by atoms with Crippen LogP contribution in [0.5, 0.6) is 0 Å². The zero-order valence-electron chi connectivity index (χ0n) is 12.6. The van der Waals surface area contributed by atoms with Gasteiger partial charge in [0.1, 0.15) is 6.04 Å². The van der Waals surface area contributed by atoms with E-state index in [0.717, 1.165) is 18.5 Å². The van der Waals surface area contributed by atoms with Crippen LogP contribution >= 0.6 is 0 Å². The predicted molar refractivity (Wildman–Crippen MR) is 85.7 cm³/mol. The number of hydrogen-bond donors (Lipinski definition) is 2. The Morgan fingerprint density at radius 3 is 2.25 bits per heavy atom. The van der Waals surface area contributed by atoms with Gasteiger partial charge in [0.2, 0.25) is 5.91 Å². The number of hydrogen-bond acceptors (Lipinski definition) is 2. The number of nitrogens with one attached hydrogen (secondary N) is 1. The Morgan fingerprint density at radius 2 is 1.65 bits per heavy atom. The molecule has 0 aromatic heterocycles. The molecule has 112 valence electrons. The first-order valence-electron chi connectivity index (χ1n) is 7.85. The van der Waals surface area contributed by atoms with Gasteiger partial charge in [-0.25, -0.2) is 0 Å². The van der Waals surface area contributed by atoms with Crippen molar-refractivity contribution in [3.05, 3.63) is 30.3 Å². The number of amides is 1. The van der Waals surface area contributed by atoms with E-state index in [0.29, 0.717) is 0 Å². The van der Waals surface area contributed by atoms with E-state index >= 15 is 0 Å². The molecule has 0 radical (unpaired) electrons. The first-order chi connectivity index (χ1) is 9.74. The number of primary amides is 1. The zero-order chi connectivity index (χ0) is 14.6. The van der Waals surface area contributed by atoms with Crippen LogP contribution in [0, 0.1) is 0 Å².